The molecule has 1 aromatic heterocycles. The van der Waals surface area contributed by atoms with E-state index in [1.54, 1.807) is 20.1 Å². The first-order valence-electron chi connectivity index (χ1n) is 4.88. The summed E-state index contributed by atoms with van der Waals surface area (Å²) in [6.07, 6.45) is 2.35. The molecule has 0 spiro atoms. The molecule has 1 fully saturated rings. The van der Waals surface area contributed by atoms with Crippen LogP contribution in [0.1, 0.15) is 18.7 Å². The van der Waals surface area contributed by atoms with Gasteiger partial charge in [0.2, 0.25) is 5.88 Å². The van der Waals surface area contributed by atoms with Crippen molar-refractivity contribution in [2.75, 3.05) is 7.11 Å². The van der Waals surface area contributed by atoms with Crippen LogP contribution in [0.2, 0.25) is 5.15 Å². The zero-order chi connectivity index (χ0) is 10.8. The second-order valence-corrected chi connectivity index (χ2v) is 4.03. The van der Waals surface area contributed by atoms with E-state index < -0.39 is 0 Å². The van der Waals surface area contributed by atoms with Gasteiger partial charge in [-0.3, -0.25) is 0 Å². The summed E-state index contributed by atoms with van der Waals surface area (Å²) >= 11 is 5.79. The molecule has 1 saturated carbocycles. The smallest absolute Gasteiger partial charge is 0.218 e. The highest BCUT2D eigenvalue weighted by Crippen LogP contribution is 2.27. The molecule has 1 aliphatic carbocycles. The number of halogens is 1. The maximum absolute atomic E-state index is 5.79. The molecule has 1 aromatic rings. The molecule has 0 unspecified atom stereocenters. The Kier molecular flexibility index (Phi) is 3.07. The van der Waals surface area contributed by atoms with Crippen LogP contribution in [-0.2, 0) is 4.74 Å². The number of rotatable bonds is 3. The molecule has 0 atom stereocenters. The Labute approximate surface area is 93.6 Å². The molecule has 0 aliphatic heterocycles. The largest absolute Gasteiger partial charge is 0.474 e. The van der Waals surface area contributed by atoms with Crippen LogP contribution in [0.3, 0.4) is 0 Å². The second kappa shape index (κ2) is 4.33. The summed E-state index contributed by atoms with van der Waals surface area (Å²) in [5.74, 6) is 1.17. The maximum atomic E-state index is 5.79. The molecule has 82 valence electrons. The molecule has 0 N–H and O–H groups in total. The highest BCUT2D eigenvalue weighted by Gasteiger charge is 2.31. The van der Waals surface area contributed by atoms with Crippen LogP contribution >= 0.6 is 11.6 Å². The zero-order valence-electron chi connectivity index (χ0n) is 8.74. The molecule has 0 saturated heterocycles. The molecular weight excluding hydrogens is 216 g/mol. The van der Waals surface area contributed by atoms with Crippen molar-refractivity contribution >= 4 is 11.6 Å². The predicted molar refractivity (Wildman–Crippen MR) is 56.2 cm³/mol. The molecule has 15 heavy (non-hydrogen) atoms. The lowest BCUT2D eigenvalue weighted by molar-refractivity contribution is -0.0397. The number of ether oxygens (including phenoxy) is 2. The number of nitrogens with zero attached hydrogens (tertiary/aromatic N) is 2. The van der Waals surface area contributed by atoms with E-state index in [2.05, 4.69) is 9.97 Å². The van der Waals surface area contributed by atoms with Crippen LogP contribution in [0.15, 0.2) is 6.07 Å². The van der Waals surface area contributed by atoms with E-state index in [-0.39, 0.29) is 6.10 Å². The van der Waals surface area contributed by atoms with Gasteiger partial charge in [0.05, 0.1) is 6.10 Å². The van der Waals surface area contributed by atoms with Gasteiger partial charge >= 0.3 is 0 Å². The third-order valence-electron chi connectivity index (χ3n) is 2.46. The normalized spacial score (nSPS) is 24.7. The third-order valence-corrected chi connectivity index (χ3v) is 2.65. The molecule has 1 aliphatic rings. The van der Waals surface area contributed by atoms with Crippen molar-refractivity contribution in [3.63, 3.8) is 0 Å². The topological polar surface area (TPSA) is 44.2 Å². The van der Waals surface area contributed by atoms with E-state index in [1.807, 2.05) is 0 Å². The minimum atomic E-state index is 0.195. The van der Waals surface area contributed by atoms with Gasteiger partial charge in [-0.15, -0.1) is 0 Å². The van der Waals surface area contributed by atoms with Gasteiger partial charge in [0.25, 0.3) is 0 Å². The first-order chi connectivity index (χ1) is 7.17. The summed E-state index contributed by atoms with van der Waals surface area (Å²) in [5, 5.41) is 0.417. The fourth-order valence-corrected chi connectivity index (χ4v) is 1.76. The molecule has 0 radical (unpaired) electrons. The number of aromatic nitrogens is 2. The third kappa shape index (κ3) is 2.58. The quantitative estimate of drug-likeness (QED) is 0.743. The first kappa shape index (κ1) is 10.6. The second-order valence-electron chi connectivity index (χ2n) is 3.65. The summed E-state index contributed by atoms with van der Waals surface area (Å²) in [5.41, 5.74) is 0. The summed E-state index contributed by atoms with van der Waals surface area (Å²) in [7, 11) is 1.71. The van der Waals surface area contributed by atoms with Crippen molar-refractivity contribution in [1.82, 2.24) is 9.97 Å². The van der Waals surface area contributed by atoms with E-state index in [9.17, 15) is 0 Å². The molecule has 0 amide bonds. The van der Waals surface area contributed by atoms with Gasteiger partial charge in [-0.2, -0.15) is 4.98 Å². The van der Waals surface area contributed by atoms with Crippen molar-refractivity contribution in [1.29, 1.82) is 0 Å². The van der Waals surface area contributed by atoms with Crippen LogP contribution in [0.5, 0.6) is 5.88 Å². The van der Waals surface area contributed by atoms with E-state index in [0.29, 0.717) is 23.0 Å². The highest BCUT2D eigenvalue weighted by molar-refractivity contribution is 6.29. The Hall–Kier alpha value is -0.870. The molecule has 0 bridgehead atoms. The van der Waals surface area contributed by atoms with Crippen molar-refractivity contribution in [2.45, 2.75) is 32.0 Å². The number of aryl methyl sites for hydroxylation is 1. The fourth-order valence-electron chi connectivity index (χ4n) is 1.54. The zero-order valence-corrected chi connectivity index (χ0v) is 9.49. The highest BCUT2D eigenvalue weighted by atomic mass is 35.5. The van der Waals surface area contributed by atoms with Gasteiger partial charge in [0.1, 0.15) is 17.1 Å². The Morgan fingerprint density at radius 2 is 2.07 bits per heavy atom. The van der Waals surface area contributed by atoms with Crippen molar-refractivity contribution in [2.24, 2.45) is 0 Å². The lowest BCUT2D eigenvalue weighted by Gasteiger charge is -2.33. The number of hydrogen-bond acceptors (Lipinski definition) is 4. The molecule has 1 heterocycles. The number of methoxy groups -OCH3 is 1. The van der Waals surface area contributed by atoms with Crippen molar-refractivity contribution in [3.8, 4) is 5.88 Å². The van der Waals surface area contributed by atoms with Crippen LogP contribution in [0, 0.1) is 6.92 Å². The summed E-state index contributed by atoms with van der Waals surface area (Å²) in [4.78, 5) is 8.11. The average molecular weight is 229 g/mol. The van der Waals surface area contributed by atoms with Gasteiger partial charge in [-0.1, -0.05) is 11.6 Å². The lowest BCUT2D eigenvalue weighted by Crippen LogP contribution is -2.39. The predicted octanol–water partition coefficient (Wildman–Crippen LogP) is 1.99. The standard InChI is InChI=1S/C10H13ClN2O2/c1-6-12-9(11)5-10(13-6)15-8-3-7(4-8)14-2/h5,7-8H,3-4H2,1-2H3. The molecule has 5 heteroatoms. The van der Waals surface area contributed by atoms with Crippen LogP contribution in [-0.4, -0.2) is 29.3 Å². The van der Waals surface area contributed by atoms with Gasteiger partial charge < -0.3 is 9.47 Å². The molecular formula is C10H13ClN2O2. The SMILES string of the molecule is COC1CC(Oc2cc(Cl)nc(C)n2)C1. The van der Waals surface area contributed by atoms with Crippen LogP contribution in [0.4, 0.5) is 0 Å². The Morgan fingerprint density at radius 1 is 1.33 bits per heavy atom. The lowest BCUT2D eigenvalue weighted by atomic mass is 9.92. The monoisotopic (exact) mass is 228 g/mol. The molecule has 0 aromatic carbocycles. The van der Waals surface area contributed by atoms with Gasteiger partial charge in [0, 0.05) is 26.0 Å². The van der Waals surface area contributed by atoms with Gasteiger partial charge in [-0.05, 0) is 6.92 Å². The molecule has 2 rings (SSSR count). The Morgan fingerprint density at radius 3 is 2.67 bits per heavy atom. The average Bonchev–Trinajstić information content (AvgIpc) is 2.08. The van der Waals surface area contributed by atoms with Gasteiger partial charge in [-0.25, -0.2) is 4.98 Å². The van der Waals surface area contributed by atoms with Crippen LogP contribution < -0.4 is 4.74 Å². The van der Waals surface area contributed by atoms with Gasteiger partial charge in [0.15, 0.2) is 0 Å². The van der Waals surface area contributed by atoms with Crippen LogP contribution in [0.25, 0.3) is 0 Å². The van der Waals surface area contributed by atoms with Crippen molar-refractivity contribution in [3.05, 3.63) is 17.0 Å². The van der Waals surface area contributed by atoms with E-state index in [4.69, 9.17) is 21.1 Å². The first-order valence-corrected chi connectivity index (χ1v) is 5.26. The van der Waals surface area contributed by atoms with E-state index >= 15 is 0 Å². The summed E-state index contributed by atoms with van der Waals surface area (Å²) < 4.78 is 10.8. The van der Waals surface area contributed by atoms with Crippen molar-refractivity contribution < 1.29 is 9.47 Å². The fraction of sp³-hybridized carbons (Fsp3) is 0.600. The minimum absolute atomic E-state index is 0.195. The molecule has 4 nitrogen and oxygen atoms in total. The summed E-state index contributed by atoms with van der Waals surface area (Å²) in [6.45, 7) is 1.79. The Balaban J connectivity index is 1.94. The Bertz CT molecular complexity index is 333. The minimum Gasteiger partial charge on any atom is -0.474 e. The number of hydrogen-bond donors (Lipinski definition) is 0. The van der Waals surface area contributed by atoms with E-state index in [0.717, 1.165) is 12.8 Å². The maximum Gasteiger partial charge on any atom is 0.218 e. The summed E-state index contributed by atoms with van der Waals surface area (Å²) in [6, 6.07) is 1.63. The van der Waals surface area contributed by atoms with E-state index in [1.165, 1.54) is 0 Å².